The molecule has 0 radical (unpaired) electrons. The molecule has 0 atom stereocenters. The van der Waals surface area contributed by atoms with Crippen molar-refractivity contribution in [1.82, 2.24) is 9.97 Å². The van der Waals surface area contributed by atoms with Gasteiger partial charge in [-0.2, -0.15) is 16.7 Å². The number of thioether (sulfide) groups is 1. The van der Waals surface area contributed by atoms with Gasteiger partial charge in [0.25, 0.3) is 0 Å². The third kappa shape index (κ3) is 4.89. The van der Waals surface area contributed by atoms with Crippen LogP contribution >= 0.6 is 43.6 Å². The molecule has 1 N–H and O–H groups in total. The molecule has 0 unspecified atom stereocenters. The molecule has 4 nitrogen and oxygen atoms in total. The Labute approximate surface area is 170 Å². The molecule has 1 aromatic carbocycles. The number of aryl methyl sites for hydroxylation is 2. The molecule has 7 heteroatoms. The average Bonchev–Trinajstić information content (AvgIpc) is 2.59. The summed E-state index contributed by atoms with van der Waals surface area (Å²) in [5.41, 5.74) is 3.25. The predicted molar refractivity (Wildman–Crippen MR) is 115 cm³/mol. The van der Waals surface area contributed by atoms with Crippen molar-refractivity contribution >= 4 is 61.1 Å². The second-order valence-corrected chi connectivity index (χ2v) is 9.03. The summed E-state index contributed by atoms with van der Waals surface area (Å²) in [7, 11) is 0. The van der Waals surface area contributed by atoms with E-state index in [1.165, 1.54) is 5.56 Å². The van der Waals surface area contributed by atoms with Crippen LogP contribution in [-0.2, 0) is 6.42 Å². The molecule has 0 bridgehead atoms. The molecule has 1 fully saturated rings. The second kappa shape index (κ2) is 8.73. The summed E-state index contributed by atoms with van der Waals surface area (Å²) in [6, 6.07) is 6.39. The molecular formula is C18H22Br2N4S. The van der Waals surface area contributed by atoms with Gasteiger partial charge in [-0.05, 0) is 62.9 Å². The first kappa shape index (κ1) is 19.0. The Bertz CT molecular complexity index is 725. The minimum Gasteiger partial charge on any atom is -0.355 e. The SMILES string of the molecule is CCCc1cc(Br)c(Nc2nc(C)cc(N3CCSCC3)n2)c(Br)c1. The third-order valence-corrected chi connectivity index (χ3v) is 6.25. The Kier molecular flexibility index (Phi) is 6.63. The molecule has 3 rings (SSSR count). The maximum atomic E-state index is 4.75. The van der Waals surface area contributed by atoms with Gasteiger partial charge in [0.2, 0.25) is 5.95 Å². The standard InChI is InChI=1S/C18H22Br2N4S/c1-3-4-13-10-14(19)17(15(20)11-13)23-18-21-12(2)9-16(22-18)24-5-7-25-8-6-24/h9-11H,3-8H2,1-2H3,(H,21,22,23). The van der Waals surface area contributed by atoms with Crippen LogP contribution in [0, 0.1) is 6.92 Å². The third-order valence-electron chi connectivity index (χ3n) is 4.05. The van der Waals surface area contributed by atoms with Crippen LogP contribution in [0.15, 0.2) is 27.1 Å². The monoisotopic (exact) mass is 484 g/mol. The summed E-state index contributed by atoms with van der Waals surface area (Å²) in [5, 5.41) is 3.38. The van der Waals surface area contributed by atoms with E-state index in [1.54, 1.807) is 0 Å². The highest BCUT2D eigenvalue weighted by Crippen LogP contribution is 2.35. The van der Waals surface area contributed by atoms with Gasteiger partial charge >= 0.3 is 0 Å². The highest BCUT2D eigenvalue weighted by Gasteiger charge is 2.15. The summed E-state index contributed by atoms with van der Waals surface area (Å²) in [6.45, 7) is 6.29. The summed E-state index contributed by atoms with van der Waals surface area (Å²) >= 11 is 9.36. The first-order valence-corrected chi connectivity index (χ1v) is 11.2. The lowest BCUT2D eigenvalue weighted by atomic mass is 10.1. The number of hydrogen-bond acceptors (Lipinski definition) is 5. The van der Waals surface area contributed by atoms with Crippen LogP contribution in [0.5, 0.6) is 0 Å². The highest BCUT2D eigenvalue weighted by molar-refractivity contribution is 9.11. The van der Waals surface area contributed by atoms with Crippen LogP contribution in [0.2, 0.25) is 0 Å². The van der Waals surface area contributed by atoms with Crippen LogP contribution in [0.25, 0.3) is 0 Å². The number of rotatable bonds is 5. The Morgan fingerprint density at radius 1 is 1.12 bits per heavy atom. The highest BCUT2D eigenvalue weighted by atomic mass is 79.9. The van der Waals surface area contributed by atoms with Crippen LogP contribution in [0.4, 0.5) is 17.5 Å². The van der Waals surface area contributed by atoms with Gasteiger partial charge in [-0.25, -0.2) is 4.98 Å². The molecule has 0 saturated carbocycles. The van der Waals surface area contributed by atoms with Crippen LogP contribution in [-0.4, -0.2) is 34.6 Å². The number of anilines is 3. The lowest BCUT2D eigenvalue weighted by Gasteiger charge is -2.27. The van der Waals surface area contributed by atoms with Gasteiger partial charge in [-0.15, -0.1) is 0 Å². The number of halogens is 2. The first-order chi connectivity index (χ1) is 12.1. The number of nitrogens with one attached hydrogen (secondary N) is 1. The van der Waals surface area contributed by atoms with E-state index in [2.05, 4.69) is 72.2 Å². The van der Waals surface area contributed by atoms with Crippen LogP contribution in [0.1, 0.15) is 24.6 Å². The van der Waals surface area contributed by atoms with Gasteiger partial charge in [0.15, 0.2) is 0 Å². The van der Waals surface area contributed by atoms with E-state index in [-0.39, 0.29) is 0 Å². The van der Waals surface area contributed by atoms with E-state index in [0.29, 0.717) is 5.95 Å². The van der Waals surface area contributed by atoms with Crippen LogP contribution in [0.3, 0.4) is 0 Å². The quantitative estimate of drug-likeness (QED) is 0.600. The maximum Gasteiger partial charge on any atom is 0.229 e. The molecule has 2 aromatic rings. The summed E-state index contributed by atoms with van der Waals surface area (Å²) in [5.74, 6) is 3.95. The lowest BCUT2D eigenvalue weighted by Crippen LogP contribution is -2.33. The molecule has 0 spiro atoms. The first-order valence-electron chi connectivity index (χ1n) is 8.50. The van der Waals surface area contributed by atoms with Gasteiger partial charge in [0, 0.05) is 45.3 Å². The number of benzene rings is 1. The van der Waals surface area contributed by atoms with Crippen molar-refractivity contribution in [2.24, 2.45) is 0 Å². The molecule has 25 heavy (non-hydrogen) atoms. The molecule has 1 aliphatic rings. The predicted octanol–water partition coefficient (Wildman–Crippen LogP) is 5.56. The van der Waals surface area contributed by atoms with Crippen molar-refractivity contribution in [2.45, 2.75) is 26.7 Å². The topological polar surface area (TPSA) is 41.1 Å². The van der Waals surface area contributed by atoms with E-state index >= 15 is 0 Å². The second-order valence-electron chi connectivity index (χ2n) is 6.10. The molecule has 2 heterocycles. The van der Waals surface area contributed by atoms with Crippen molar-refractivity contribution in [3.8, 4) is 0 Å². The van der Waals surface area contributed by atoms with Gasteiger partial charge < -0.3 is 10.2 Å². The van der Waals surface area contributed by atoms with Crippen molar-refractivity contribution in [1.29, 1.82) is 0 Å². The number of nitrogens with zero attached hydrogens (tertiary/aromatic N) is 3. The summed E-state index contributed by atoms with van der Waals surface area (Å²) in [4.78, 5) is 11.7. The molecule has 134 valence electrons. The molecule has 1 aliphatic heterocycles. The fourth-order valence-corrected chi connectivity index (χ4v) is 5.23. The summed E-state index contributed by atoms with van der Waals surface area (Å²) < 4.78 is 2.04. The fourth-order valence-electron chi connectivity index (χ4n) is 2.85. The molecule has 1 aromatic heterocycles. The molecule has 1 saturated heterocycles. The minimum absolute atomic E-state index is 0.637. The zero-order valence-corrected chi connectivity index (χ0v) is 18.5. The van der Waals surface area contributed by atoms with Crippen LogP contribution < -0.4 is 10.2 Å². The maximum absolute atomic E-state index is 4.75. The largest absolute Gasteiger partial charge is 0.355 e. The van der Waals surface area contributed by atoms with Crippen molar-refractivity contribution in [2.75, 3.05) is 34.8 Å². The molecular weight excluding hydrogens is 464 g/mol. The van der Waals surface area contributed by atoms with Crippen molar-refractivity contribution in [3.05, 3.63) is 38.4 Å². The van der Waals surface area contributed by atoms with Gasteiger partial charge in [-0.1, -0.05) is 13.3 Å². The van der Waals surface area contributed by atoms with Gasteiger partial charge in [0.1, 0.15) is 5.82 Å². The normalized spacial score (nSPS) is 14.6. The van der Waals surface area contributed by atoms with Crippen molar-refractivity contribution < 1.29 is 0 Å². The summed E-state index contributed by atoms with van der Waals surface area (Å²) in [6.07, 6.45) is 2.19. The molecule has 0 aliphatic carbocycles. The van der Waals surface area contributed by atoms with E-state index in [0.717, 1.165) is 63.6 Å². The molecule has 0 amide bonds. The van der Waals surface area contributed by atoms with E-state index in [4.69, 9.17) is 4.98 Å². The fraction of sp³-hybridized carbons (Fsp3) is 0.444. The number of hydrogen-bond donors (Lipinski definition) is 1. The van der Waals surface area contributed by atoms with Crippen molar-refractivity contribution in [3.63, 3.8) is 0 Å². The lowest BCUT2D eigenvalue weighted by molar-refractivity contribution is 0.834. The van der Waals surface area contributed by atoms with E-state index < -0.39 is 0 Å². The Morgan fingerprint density at radius 2 is 1.80 bits per heavy atom. The Morgan fingerprint density at radius 3 is 2.44 bits per heavy atom. The van der Waals surface area contributed by atoms with Gasteiger partial charge in [-0.3, -0.25) is 0 Å². The van der Waals surface area contributed by atoms with E-state index in [1.807, 2.05) is 18.7 Å². The Balaban J connectivity index is 1.86. The zero-order valence-electron chi connectivity index (χ0n) is 14.5. The minimum atomic E-state index is 0.637. The smallest absolute Gasteiger partial charge is 0.229 e. The number of aromatic nitrogens is 2. The van der Waals surface area contributed by atoms with Gasteiger partial charge in [0.05, 0.1) is 5.69 Å². The average molecular weight is 486 g/mol. The Hall–Kier alpha value is -0.790. The van der Waals surface area contributed by atoms with E-state index in [9.17, 15) is 0 Å². The zero-order chi connectivity index (χ0) is 17.8.